The first-order valence-corrected chi connectivity index (χ1v) is 9.45. The number of aliphatic hydroxyl groups is 1. The lowest BCUT2D eigenvalue weighted by Gasteiger charge is -2.40. The van der Waals surface area contributed by atoms with Crippen molar-refractivity contribution in [3.05, 3.63) is 57.4 Å². The highest BCUT2D eigenvalue weighted by molar-refractivity contribution is 6.42. The SMILES string of the molecule is Bc1c(N2CC(N)C2)c(F)cc2c(=O)c(C(=O)O)cn(-c3cc(N)c(F)cc3CO)c12. The molecular weight excluding hydrogens is 409 g/mol. The number of benzene rings is 2. The van der Waals surface area contributed by atoms with E-state index in [0.29, 0.717) is 18.6 Å². The molecule has 1 aromatic heterocycles. The molecule has 0 radical (unpaired) electrons. The first kappa shape index (κ1) is 20.8. The standard InChI is InChI=1S/C20H19BF2N4O4/c21-16-17-10(2-13(23)18(16)26-4-9(24)5-26)19(29)11(20(30)31)6-27(17)15-3-14(25)12(22)1-8(15)7-28/h1-3,6,9,28H,4-5,7,21,24-25H2,(H,30,31). The number of fused-ring (bicyclic) bond motifs is 1. The molecule has 160 valence electrons. The Morgan fingerprint density at radius 1 is 1.23 bits per heavy atom. The first-order chi connectivity index (χ1) is 14.6. The molecule has 4 rings (SSSR count). The number of nitrogen functional groups attached to an aromatic ring is 1. The Hall–Kier alpha value is -3.44. The van der Waals surface area contributed by atoms with Gasteiger partial charge in [0.2, 0.25) is 5.43 Å². The molecule has 0 spiro atoms. The van der Waals surface area contributed by atoms with Gasteiger partial charge in [0.25, 0.3) is 0 Å². The lowest BCUT2D eigenvalue weighted by atomic mass is 9.87. The van der Waals surface area contributed by atoms with Crippen LogP contribution in [0, 0.1) is 11.6 Å². The smallest absolute Gasteiger partial charge is 0.341 e. The normalized spacial score (nSPS) is 14.1. The maximum absolute atomic E-state index is 15.0. The number of aliphatic hydroxyl groups excluding tert-OH is 1. The lowest BCUT2D eigenvalue weighted by molar-refractivity contribution is 0.0695. The van der Waals surface area contributed by atoms with Crippen molar-refractivity contribution >= 4 is 41.6 Å². The van der Waals surface area contributed by atoms with Crippen molar-refractivity contribution < 1.29 is 23.8 Å². The molecule has 1 fully saturated rings. The zero-order valence-corrected chi connectivity index (χ0v) is 16.5. The van der Waals surface area contributed by atoms with Gasteiger partial charge in [-0.1, -0.05) is 0 Å². The van der Waals surface area contributed by atoms with Crippen LogP contribution in [0.4, 0.5) is 20.2 Å². The quantitative estimate of drug-likeness (QED) is 0.324. The van der Waals surface area contributed by atoms with E-state index in [4.69, 9.17) is 11.5 Å². The van der Waals surface area contributed by atoms with Gasteiger partial charge < -0.3 is 31.1 Å². The highest BCUT2D eigenvalue weighted by atomic mass is 19.1. The van der Waals surface area contributed by atoms with Crippen LogP contribution in [0.2, 0.25) is 0 Å². The number of carbonyl (C=O) groups is 1. The summed E-state index contributed by atoms with van der Waals surface area (Å²) >= 11 is 0. The van der Waals surface area contributed by atoms with E-state index in [1.165, 1.54) is 10.6 Å². The monoisotopic (exact) mass is 428 g/mol. The topological polar surface area (TPSA) is 135 Å². The maximum atomic E-state index is 15.0. The van der Waals surface area contributed by atoms with Crippen LogP contribution >= 0.6 is 0 Å². The van der Waals surface area contributed by atoms with Crippen molar-refractivity contribution in [3.63, 3.8) is 0 Å². The molecule has 0 saturated carbocycles. The van der Waals surface area contributed by atoms with E-state index in [1.807, 2.05) is 0 Å². The Labute approximate surface area is 175 Å². The van der Waals surface area contributed by atoms with Gasteiger partial charge in [-0.2, -0.15) is 0 Å². The van der Waals surface area contributed by atoms with E-state index in [-0.39, 0.29) is 39.6 Å². The number of rotatable bonds is 4. The Morgan fingerprint density at radius 2 is 1.90 bits per heavy atom. The molecule has 1 aliphatic rings. The van der Waals surface area contributed by atoms with Crippen molar-refractivity contribution in [1.82, 2.24) is 4.57 Å². The third-order valence-corrected chi connectivity index (χ3v) is 5.54. The number of hydrogen-bond donors (Lipinski definition) is 4. The minimum atomic E-state index is -1.50. The largest absolute Gasteiger partial charge is 0.477 e. The Bertz CT molecular complexity index is 1310. The zero-order valence-electron chi connectivity index (χ0n) is 16.5. The Kier molecular flexibility index (Phi) is 4.94. The van der Waals surface area contributed by atoms with Gasteiger partial charge in [-0.05, 0) is 23.7 Å². The summed E-state index contributed by atoms with van der Waals surface area (Å²) < 4.78 is 30.3. The minimum Gasteiger partial charge on any atom is -0.477 e. The first-order valence-electron chi connectivity index (χ1n) is 9.45. The fraction of sp³-hybridized carbons (Fsp3) is 0.200. The van der Waals surface area contributed by atoms with Gasteiger partial charge in [-0.25, -0.2) is 13.6 Å². The summed E-state index contributed by atoms with van der Waals surface area (Å²) in [6.45, 7) is 0.273. The van der Waals surface area contributed by atoms with Gasteiger partial charge >= 0.3 is 5.97 Å². The average molecular weight is 428 g/mol. The number of nitrogens with zero attached hydrogens (tertiary/aromatic N) is 2. The molecule has 1 aliphatic heterocycles. The average Bonchev–Trinajstić information content (AvgIpc) is 2.68. The molecule has 31 heavy (non-hydrogen) atoms. The summed E-state index contributed by atoms with van der Waals surface area (Å²) in [6, 6.07) is 3.16. The van der Waals surface area contributed by atoms with Crippen molar-refractivity contribution in [3.8, 4) is 5.69 Å². The van der Waals surface area contributed by atoms with Crippen molar-refractivity contribution in [2.75, 3.05) is 23.7 Å². The van der Waals surface area contributed by atoms with Crippen LogP contribution < -0.4 is 27.3 Å². The molecule has 0 amide bonds. The van der Waals surface area contributed by atoms with Gasteiger partial charge in [-0.3, -0.25) is 4.79 Å². The number of aromatic nitrogens is 1. The highest BCUT2D eigenvalue weighted by Crippen LogP contribution is 2.29. The summed E-state index contributed by atoms with van der Waals surface area (Å²) in [5, 5.41) is 19.1. The third kappa shape index (κ3) is 3.22. The van der Waals surface area contributed by atoms with Gasteiger partial charge in [0, 0.05) is 36.3 Å². The number of pyridine rings is 1. The summed E-state index contributed by atoms with van der Waals surface area (Å²) in [4.78, 5) is 26.2. The Balaban J connectivity index is 2.15. The van der Waals surface area contributed by atoms with E-state index in [2.05, 4.69) is 0 Å². The molecule has 3 aromatic rings. The van der Waals surface area contributed by atoms with Crippen LogP contribution in [-0.4, -0.2) is 47.7 Å². The molecule has 8 nitrogen and oxygen atoms in total. The molecule has 2 aromatic carbocycles. The number of halogens is 2. The number of carboxylic acid groups (broad SMARTS) is 1. The fourth-order valence-electron chi connectivity index (χ4n) is 4.03. The third-order valence-electron chi connectivity index (χ3n) is 5.54. The predicted octanol–water partition coefficient (Wildman–Crippen LogP) is -0.553. The van der Waals surface area contributed by atoms with Crippen LogP contribution in [0.3, 0.4) is 0 Å². The summed E-state index contributed by atoms with van der Waals surface area (Å²) in [5.41, 5.74) is 11.0. The molecule has 1 saturated heterocycles. The van der Waals surface area contributed by atoms with Gasteiger partial charge in [0.1, 0.15) is 25.0 Å². The molecule has 2 heterocycles. The molecule has 0 aliphatic carbocycles. The summed E-state index contributed by atoms with van der Waals surface area (Å²) in [7, 11) is 1.60. The lowest BCUT2D eigenvalue weighted by Crippen LogP contribution is -2.57. The Morgan fingerprint density at radius 3 is 2.48 bits per heavy atom. The van der Waals surface area contributed by atoms with Gasteiger partial charge in [0.15, 0.2) is 0 Å². The number of nitrogens with two attached hydrogens (primary N) is 2. The van der Waals surface area contributed by atoms with E-state index in [1.54, 1.807) is 12.7 Å². The second-order valence-electron chi connectivity index (χ2n) is 7.60. The van der Waals surface area contributed by atoms with E-state index in [0.717, 1.165) is 18.3 Å². The molecule has 0 atom stereocenters. The van der Waals surface area contributed by atoms with Crippen LogP contribution in [0.1, 0.15) is 15.9 Å². The number of hydrogen-bond acceptors (Lipinski definition) is 6. The van der Waals surface area contributed by atoms with Crippen molar-refractivity contribution in [2.24, 2.45) is 5.73 Å². The molecular formula is C20H19BF2N4O4. The number of aromatic carboxylic acids is 1. The van der Waals surface area contributed by atoms with E-state index in [9.17, 15) is 24.2 Å². The fourth-order valence-corrected chi connectivity index (χ4v) is 4.03. The van der Waals surface area contributed by atoms with E-state index >= 15 is 4.39 Å². The van der Waals surface area contributed by atoms with Crippen molar-refractivity contribution in [1.29, 1.82) is 0 Å². The second kappa shape index (κ2) is 7.36. The zero-order chi connectivity index (χ0) is 22.6. The number of anilines is 2. The molecule has 0 bridgehead atoms. The molecule has 6 N–H and O–H groups in total. The maximum Gasteiger partial charge on any atom is 0.341 e. The van der Waals surface area contributed by atoms with Crippen molar-refractivity contribution in [2.45, 2.75) is 12.6 Å². The summed E-state index contributed by atoms with van der Waals surface area (Å²) in [6.07, 6.45) is 1.08. The highest BCUT2D eigenvalue weighted by Gasteiger charge is 2.29. The summed E-state index contributed by atoms with van der Waals surface area (Å²) in [5.74, 6) is -2.93. The minimum absolute atomic E-state index is 0.107. The van der Waals surface area contributed by atoms with Crippen LogP contribution in [-0.2, 0) is 6.61 Å². The van der Waals surface area contributed by atoms with Crippen LogP contribution in [0.15, 0.2) is 29.2 Å². The van der Waals surface area contributed by atoms with Gasteiger partial charge in [-0.15, -0.1) is 0 Å². The van der Waals surface area contributed by atoms with Gasteiger partial charge in [0.05, 0.1) is 29.2 Å². The van der Waals surface area contributed by atoms with Crippen LogP contribution in [0.5, 0.6) is 0 Å². The predicted molar refractivity (Wildman–Crippen MR) is 115 cm³/mol. The van der Waals surface area contributed by atoms with E-state index < -0.39 is 35.2 Å². The molecule has 11 heteroatoms. The number of carboxylic acids is 1. The second-order valence-corrected chi connectivity index (χ2v) is 7.60. The molecule has 0 unspecified atom stereocenters. The van der Waals surface area contributed by atoms with Crippen LogP contribution in [0.25, 0.3) is 16.6 Å².